The molecule has 1 amide bonds. The molecular weight excluding hydrogens is 248 g/mol. The lowest BCUT2D eigenvalue weighted by Crippen LogP contribution is -2.36. The topological polar surface area (TPSA) is 44.1 Å². The van der Waals surface area contributed by atoms with Crippen LogP contribution in [-0.4, -0.2) is 23.9 Å². The summed E-state index contributed by atoms with van der Waals surface area (Å²) in [4.78, 5) is 14.2. The normalized spacial score (nSPS) is 15.5. The van der Waals surface area contributed by atoms with Gasteiger partial charge in [0.15, 0.2) is 0 Å². The fraction of sp³-hybridized carbons (Fsp3) is 0.412. The van der Waals surface area contributed by atoms with E-state index in [9.17, 15) is 4.79 Å². The Bertz CT molecular complexity index is 570. The zero-order valence-corrected chi connectivity index (χ0v) is 12.3. The second-order valence-corrected chi connectivity index (χ2v) is 6.17. The molecule has 0 spiro atoms. The van der Waals surface area contributed by atoms with Gasteiger partial charge in [-0.2, -0.15) is 5.26 Å². The van der Waals surface area contributed by atoms with Gasteiger partial charge in [-0.15, -0.1) is 0 Å². The van der Waals surface area contributed by atoms with Gasteiger partial charge in [0, 0.05) is 18.7 Å². The van der Waals surface area contributed by atoms with E-state index < -0.39 is 0 Å². The van der Waals surface area contributed by atoms with Crippen LogP contribution in [0.25, 0.3) is 0 Å². The maximum absolute atomic E-state index is 12.4. The summed E-state index contributed by atoms with van der Waals surface area (Å²) >= 11 is 0. The standard InChI is InChI=1S/C17H20N2O/c1-17(2,3)15-8-10-19(11-9-15)16(20)14-6-4-13(12-18)5-7-14/h4-8H,9-11H2,1-3H3. The lowest BCUT2D eigenvalue weighted by Gasteiger charge is -2.32. The van der Waals surface area contributed by atoms with Crippen molar-refractivity contribution in [3.63, 3.8) is 0 Å². The fourth-order valence-corrected chi connectivity index (χ4v) is 2.40. The summed E-state index contributed by atoms with van der Waals surface area (Å²) in [6.45, 7) is 8.05. The minimum atomic E-state index is 0.0405. The molecule has 2 rings (SSSR count). The van der Waals surface area contributed by atoms with E-state index in [0.29, 0.717) is 17.7 Å². The number of carbonyl (C=O) groups excluding carboxylic acids is 1. The average molecular weight is 268 g/mol. The highest BCUT2D eigenvalue weighted by Crippen LogP contribution is 2.30. The number of rotatable bonds is 1. The number of hydrogen-bond donors (Lipinski definition) is 0. The second kappa shape index (κ2) is 5.50. The van der Waals surface area contributed by atoms with E-state index in [-0.39, 0.29) is 11.3 Å². The molecule has 0 N–H and O–H groups in total. The van der Waals surface area contributed by atoms with Crippen LogP contribution in [-0.2, 0) is 0 Å². The van der Waals surface area contributed by atoms with Gasteiger partial charge in [0.25, 0.3) is 5.91 Å². The van der Waals surface area contributed by atoms with Crippen LogP contribution >= 0.6 is 0 Å². The summed E-state index contributed by atoms with van der Waals surface area (Å²) in [6, 6.07) is 8.89. The van der Waals surface area contributed by atoms with Gasteiger partial charge in [0.05, 0.1) is 11.6 Å². The van der Waals surface area contributed by atoms with Gasteiger partial charge in [-0.05, 0) is 36.1 Å². The van der Waals surface area contributed by atoms with Crippen LogP contribution in [0.2, 0.25) is 0 Å². The summed E-state index contributed by atoms with van der Waals surface area (Å²) in [6.07, 6.45) is 3.11. The highest BCUT2D eigenvalue weighted by molar-refractivity contribution is 5.94. The molecule has 1 heterocycles. The summed E-state index contributed by atoms with van der Waals surface area (Å²) < 4.78 is 0. The second-order valence-electron chi connectivity index (χ2n) is 6.17. The lowest BCUT2D eigenvalue weighted by atomic mass is 9.83. The van der Waals surface area contributed by atoms with Crippen LogP contribution in [0.5, 0.6) is 0 Å². The first kappa shape index (κ1) is 14.3. The van der Waals surface area contributed by atoms with Crippen LogP contribution in [0.4, 0.5) is 0 Å². The van der Waals surface area contributed by atoms with E-state index >= 15 is 0 Å². The van der Waals surface area contributed by atoms with Crippen molar-refractivity contribution >= 4 is 5.91 Å². The summed E-state index contributed by atoms with van der Waals surface area (Å²) in [5.74, 6) is 0.0405. The van der Waals surface area contributed by atoms with E-state index in [1.54, 1.807) is 24.3 Å². The van der Waals surface area contributed by atoms with Gasteiger partial charge in [-0.3, -0.25) is 4.79 Å². The summed E-state index contributed by atoms with van der Waals surface area (Å²) in [5.41, 5.74) is 2.83. The molecule has 104 valence electrons. The van der Waals surface area contributed by atoms with Crippen molar-refractivity contribution in [2.75, 3.05) is 13.1 Å². The monoisotopic (exact) mass is 268 g/mol. The van der Waals surface area contributed by atoms with Crippen molar-refractivity contribution in [1.29, 1.82) is 5.26 Å². The van der Waals surface area contributed by atoms with Crippen LogP contribution in [0, 0.1) is 16.7 Å². The van der Waals surface area contributed by atoms with Crippen molar-refractivity contribution in [2.45, 2.75) is 27.2 Å². The molecule has 20 heavy (non-hydrogen) atoms. The van der Waals surface area contributed by atoms with Gasteiger partial charge < -0.3 is 4.90 Å². The van der Waals surface area contributed by atoms with Gasteiger partial charge in [0.1, 0.15) is 0 Å². The van der Waals surface area contributed by atoms with Gasteiger partial charge in [-0.1, -0.05) is 32.4 Å². The molecule has 0 saturated carbocycles. The first-order valence-corrected chi connectivity index (χ1v) is 6.91. The Hall–Kier alpha value is -2.08. The predicted octanol–water partition coefficient (Wildman–Crippen LogP) is 3.38. The zero-order chi connectivity index (χ0) is 14.8. The number of benzene rings is 1. The zero-order valence-electron chi connectivity index (χ0n) is 12.3. The number of carbonyl (C=O) groups is 1. The van der Waals surface area contributed by atoms with Crippen LogP contribution in [0.15, 0.2) is 35.9 Å². The molecule has 0 saturated heterocycles. The smallest absolute Gasteiger partial charge is 0.254 e. The third-order valence-electron chi connectivity index (χ3n) is 3.72. The van der Waals surface area contributed by atoms with E-state index in [4.69, 9.17) is 5.26 Å². The van der Waals surface area contributed by atoms with Crippen molar-refractivity contribution in [2.24, 2.45) is 5.41 Å². The number of amides is 1. The maximum Gasteiger partial charge on any atom is 0.254 e. The Balaban J connectivity index is 2.08. The fourth-order valence-electron chi connectivity index (χ4n) is 2.40. The van der Waals surface area contributed by atoms with Crippen molar-refractivity contribution in [3.8, 4) is 6.07 Å². The van der Waals surface area contributed by atoms with Gasteiger partial charge in [-0.25, -0.2) is 0 Å². The third kappa shape index (κ3) is 3.08. The molecule has 0 radical (unpaired) electrons. The van der Waals surface area contributed by atoms with Crippen molar-refractivity contribution in [3.05, 3.63) is 47.0 Å². The van der Waals surface area contributed by atoms with Gasteiger partial charge in [0.2, 0.25) is 0 Å². The van der Waals surface area contributed by atoms with Gasteiger partial charge >= 0.3 is 0 Å². The Morgan fingerprint density at radius 3 is 2.35 bits per heavy atom. The number of nitriles is 1. The Kier molecular flexibility index (Phi) is 3.94. The minimum absolute atomic E-state index is 0.0405. The minimum Gasteiger partial charge on any atom is -0.335 e. The van der Waals surface area contributed by atoms with Crippen LogP contribution < -0.4 is 0 Å². The highest BCUT2D eigenvalue weighted by Gasteiger charge is 2.24. The Labute approximate surface area is 120 Å². The molecular formula is C17H20N2O. The third-order valence-corrected chi connectivity index (χ3v) is 3.72. The van der Waals surface area contributed by atoms with E-state index in [1.165, 1.54) is 5.57 Å². The van der Waals surface area contributed by atoms with Crippen molar-refractivity contribution < 1.29 is 4.79 Å². The first-order valence-electron chi connectivity index (χ1n) is 6.91. The average Bonchev–Trinajstić information content (AvgIpc) is 2.46. The molecule has 1 aliphatic rings. The molecule has 3 heteroatoms. The molecule has 1 aromatic rings. The number of hydrogen-bond acceptors (Lipinski definition) is 2. The first-order chi connectivity index (χ1) is 9.41. The van der Waals surface area contributed by atoms with E-state index in [2.05, 4.69) is 32.9 Å². The molecule has 1 aromatic carbocycles. The SMILES string of the molecule is CC(C)(C)C1=CCN(C(=O)c2ccc(C#N)cc2)CC1. The molecule has 0 aromatic heterocycles. The Morgan fingerprint density at radius 2 is 1.90 bits per heavy atom. The van der Waals surface area contributed by atoms with E-state index in [1.807, 2.05) is 4.90 Å². The Morgan fingerprint density at radius 1 is 1.25 bits per heavy atom. The largest absolute Gasteiger partial charge is 0.335 e. The van der Waals surface area contributed by atoms with Crippen LogP contribution in [0.3, 0.4) is 0 Å². The molecule has 0 fully saturated rings. The molecule has 0 unspecified atom stereocenters. The quantitative estimate of drug-likeness (QED) is 0.733. The summed E-state index contributed by atoms with van der Waals surface area (Å²) in [5, 5.41) is 8.77. The lowest BCUT2D eigenvalue weighted by molar-refractivity contribution is 0.0765. The maximum atomic E-state index is 12.4. The van der Waals surface area contributed by atoms with E-state index in [0.717, 1.165) is 13.0 Å². The van der Waals surface area contributed by atoms with Crippen LogP contribution in [0.1, 0.15) is 43.1 Å². The molecule has 0 aliphatic carbocycles. The summed E-state index contributed by atoms with van der Waals surface area (Å²) in [7, 11) is 0. The number of nitrogens with zero attached hydrogens (tertiary/aromatic N) is 2. The van der Waals surface area contributed by atoms with Crippen molar-refractivity contribution in [1.82, 2.24) is 4.90 Å². The highest BCUT2D eigenvalue weighted by atomic mass is 16.2. The molecule has 0 atom stereocenters. The molecule has 0 bridgehead atoms. The predicted molar refractivity (Wildman–Crippen MR) is 79.2 cm³/mol. The molecule has 3 nitrogen and oxygen atoms in total. The molecule has 1 aliphatic heterocycles.